The van der Waals surface area contributed by atoms with E-state index in [1.807, 2.05) is 18.2 Å². The molecule has 2 aromatic rings. The van der Waals surface area contributed by atoms with E-state index in [2.05, 4.69) is 5.32 Å². The Kier molecular flexibility index (Phi) is 3.57. The molecule has 0 bridgehead atoms. The molecule has 0 spiro atoms. The van der Waals surface area contributed by atoms with Crippen LogP contribution in [-0.4, -0.2) is 6.04 Å². The van der Waals surface area contributed by atoms with Crippen LogP contribution in [0.2, 0.25) is 0 Å². The van der Waals surface area contributed by atoms with Crippen LogP contribution in [0.25, 0.3) is 0 Å². The topological polar surface area (TPSA) is 35.8 Å². The third kappa shape index (κ3) is 2.73. The molecule has 0 heterocycles. The number of hydrogen-bond donors (Lipinski definition) is 1. The summed E-state index contributed by atoms with van der Waals surface area (Å²) < 4.78 is 26.7. The summed E-state index contributed by atoms with van der Waals surface area (Å²) in [5.41, 5.74) is 1.68. The van der Waals surface area contributed by atoms with E-state index in [9.17, 15) is 8.78 Å². The van der Waals surface area contributed by atoms with Gasteiger partial charge in [-0.25, -0.2) is 8.78 Å². The molecular weight excluding hydrogens is 270 g/mol. The molecule has 0 aromatic heterocycles. The predicted octanol–water partition coefficient (Wildman–Crippen LogP) is 4.19. The lowest BCUT2D eigenvalue weighted by atomic mass is 9.75. The fourth-order valence-electron chi connectivity index (χ4n) is 2.75. The highest BCUT2D eigenvalue weighted by Gasteiger charge is 2.32. The van der Waals surface area contributed by atoms with Crippen molar-refractivity contribution >= 4 is 5.69 Å². The highest BCUT2D eigenvalue weighted by Crippen LogP contribution is 2.39. The summed E-state index contributed by atoms with van der Waals surface area (Å²) >= 11 is 0. The highest BCUT2D eigenvalue weighted by atomic mass is 19.1. The molecule has 0 radical (unpaired) electrons. The second-order valence-electron chi connectivity index (χ2n) is 5.33. The van der Waals surface area contributed by atoms with Crippen LogP contribution in [0.15, 0.2) is 42.5 Å². The summed E-state index contributed by atoms with van der Waals surface area (Å²) in [4.78, 5) is 0. The van der Waals surface area contributed by atoms with Crippen LogP contribution < -0.4 is 5.32 Å². The Balaban J connectivity index is 1.66. The van der Waals surface area contributed by atoms with Gasteiger partial charge in [-0.05, 0) is 48.6 Å². The number of nitriles is 1. The fraction of sp³-hybridized carbons (Fsp3) is 0.235. The summed E-state index contributed by atoms with van der Waals surface area (Å²) in [6.45, 7) is 0. The first-order chi connectivity index (χ1) is 10.2. The Bertz CT molecular complexity index is 700. The summed E-state index contributed by atoms with van der Waals surface area (Å²) in [5, 5.41) is 12.2. The Hall–Kier alpha value is -2.41. The molecule has 2 nitrogen and oxygen atoms in total. The van der Waals surface area contributed by atoms with Crippen LogP contribution in [0.4, 0.5) is 14.5 Å². The molecule has 1 aliphatic rings. The highest BCUT2D eigenvalue weighted by molar-refractivity contribution is 5.58. The average Bonchev–Trinajstić information content (AvgIpc) is 2.44. The van der Waals surface area contributed by atoms with Crippen molar-refractivity contribution in [1.82, 2.24) is 0 Å². The summed E-state index contributed by atoms with van der Waals surface area (Å²) in [6, 6.07) is 13.1. The molecule has 1 fully saturated rings. The monoisotopic (exact) mass is 284 g/mol. The van der Waals surface area contributed by atoms with Crippen molar-refractivity contribution in [2.45, 2.75) is 24.8 Å². The van der Waals surface area contributed by atoms with Crippen molar-refractivity contribution in [3.8, 4) is 6.07 Å². The number of nitrogens with one attached hydrogen (secondary N) is 1. The first-order valence-corrected chi connectivity index (χ1v) is 6.88. The number of hydrogen-bond acceptors (Lipinski definition) is 2. The van der Waals surface area contributed by atoms with Crippen LogP contribution >= 0.6 is 0 Å². The van der Waals surface area contributed by atoms with Gasteiger partial charge in [0.05, 0.1) is 11.3 Å². The molecule has 1 aliphatic carbocycles. The van der Waals surface area contributed by atoms with E-state index >= 15 is 0 Å². The van der Waals surface area contributed by atoms with Crippen LogP contribution in [0, 0.1) is 23.0 Å². The van der Waals surface area contributed by atoms with Gasteiger partial charge in [0.2, 0.25) is 0 Å². The van der Waals surface area contributed by atoms with Crippen molar-refractivity contribution in [2.24, 2.45) is 0 Å². The third-order valence-electron chi connectivity index (χ3n) is 3.94. The van der Waals surface area contributed by atoms with Gasteiger partial charge in [-0.15, -0.1) is 0 Å². The van der Waals surface area contributed by atoms with Gasteiger partial charge in [0, 0.05) is 6.04 Å². The van der Waals surface area contributed by atoms with E-state index < -0.39 is 5.82 Å². The molecule has 2 aromatic carbocycles. The molecule has 4 heteroatoms. The summed E-state index contributed by atoms with van der Waals surface area (Å²) in [6.07, 6.45) is 1.62. The molecule has 21 heavy (non-hydrogen) atoms. The minimum absolute atomic E-state index is 0.166. The molecule has 1 saturated carbocycles. The van der Waals surface area contributed by atoms with Gasteiger partial charge in [0.25, 0.3) is 0 Å². The number of halogens is 2. The van der Waals surface area contributed by atoms with Crippen LogP contribution in [0.1, 0.15) is 29.9 Å². The van der Waals surface area contributed by atoms with Crippen molar-refractivity contribution in [3.63, 3.8) is 0 Å². The molecule has 0 amide bonds. The van der Waals surface area contributed by atoms with Gasteiger partial charge in [-0.2, -0.15) is 5.26 Å². The van der Waals surface area contributed by atoms with Crippen molar-refractivity contribution < 1.29 is 8.78 Å². The van der Waals surface area contributed by atoms with Crippen molar-refractivity contribution in [3.05, 3.63) is 65.2 Å². The Labute approximate surface area is 122 Å². The van der Waals surface area contributed by atoms with Gasteiger partial charge in [0.1, 0.15) is 17.7 Å². The molecule has 106 valence electrons. The lowest BCUT2D eigenvalue weighted by Crippen LogP contribution is -2.34. The van der Waals surface area contributed by atoms with E-state index in [0.29, 0.717) is 11.3 Å². The van der Waals surface area contributed by atoms with Gasteiger partial charge >= 0.3 is 0 Å². The van der Waals surface area contributed by atoms with Gasteiger partial charge in [-0.3, -0.25) is 0 Å². The lowest BCUT2D eigenvalue weighted by Gasteiger charge is -2.37. The van der Waals surface area contributed by atoms with E-state index in [1.54, 1.807) is 12.1 Å². The summed E-state index contributed by atoms with van der Waals surface area (Å²) in [7, 11) is 0. The first-order valence-electron chi connectivity index (χ1n) is 6.88. The van der Waals surface area contributed by atoms with Crippen LogP contribution in [0.5, 0.6) is 0 Å². The average molecular weight is 284 g/mol. The van der Waals surface area contributed by atoms with Crippen molar-refractivity contribution in [2.75, 3.05) is 5.32 Å². The zero-order valence-corrected chi connectivity index (χ0v) is 11.3. The second-order valence-corrected chi connectivity index (χ2v) is 5.33. The number of rotatable bonds is 3. The smallest absolute Gasteiger partial charge is 0.126 e. The SMILES string of the molecule is N#Cc1cc(F)ccc1NC1CC(c2ccccc2F)C1. The number of anilines is 1. The lowest BCUT2D eigenvalue weighted by molar-refractivity contribution is 0.363. The Morgan fingerprint density at radius 1 is 1.10 bits per heavy atom. The largest absolute Gasteiger partial charge is 0.381 e. The molecule has 0 aliphatic heterocycles. The molecule has 1 N–H and O–H groups in total. The zero-order chi connectivity index (χ0) is 14.8. The van der Waals surface area contributed by atoms with Crippen LogP contribution in [-0.2, 0) is 0 Å². The fourth-order valence-corrected chi connectivity index (χ4v) is 2.75. The maximum absolute atomic E-state index is 13.7. The maximum atomic E-state index is 13.7. The van der Waals surface area contributed by atoms with E-state index in [0.717, 1.165) is 18.4 Å². The van der Waals surface area contributed by atoms with Gasteiger partial charge < -0.3 is 5.32 Å². The number of benzene rings is 2. The van der Waals surface area contributed by atoms with Gasteiger partial charge in [-0.1, -0.05) is 18.2 Å². The molecule has 0 unspecified atom stereocenters. The maximum Gasteiger partial charge on any atom is 0.126 e. The third-order valence-corrected chi connectivity index (χ3v) is 3.94. The standard InChI is InChI=1S/C17H14F2N2/c18-13-5-6-17(12(7-13)10-20)21-14-8-11(9-14)15-3-1-2-4-16(15)19/h1-7,11,14,21H,8-9H2. The van der Waals surface area contributed by atoms with E-state index in [1.165, 1.54) is 18.2 Å². The quantitative estimate of drug-likeness (QED) is 0.917. The summed E-state index contributed by atoms with van der Waals surface area (Å²) in [5.74, 6) is -0.384. The Morgan fingerprint density at radius 2 is 1.86 bits per heavy atom. The predicted molar refractivity (Wildman–Crippen MR) is 76.9 cm³/mol. The molecule has 0 saturated heterocycles. The second kappa shape index (κ2) is 5.53. The first kappa shape index (κ1) is 13.6. The minimum atomic E-state index is -0.421. The zero-order valence-electron chi connectivity index (χ0n) is 11.3. The number of nitrogens with zero attached hydrogens (tertiary/aromatic N) is 1. The van der Waals surface area contributed by atoms with Crippen LogP contribution in [0.3, 0.4) is 0 Å². The van der Waals surface area contributed by atoms with Gasteiger partial charge in [0.15, 0.2) is 0 Å². The normalized spacial score (nSPS) is 20.4. The van der Waals surface area contributed by atoms with E-state index in [-0.39, 0.29) is 17.8 Å². The molecule has 0 atom stereocenters. The molecule has 3 rings (SSSR count). The van der Waals surface area contributed by atoms with E-state index in [4.69, 9.17) is 5.26 Å². The van der Waals surface area contributed by atoms with Crippen molar-refractivity contribution in [1.29, 1.82) is 5.26 Å². The molecular formula is C17H14F2N2. The minimum Gasteiger partial charge on any atom is -0.381 e. The Morgan fingerprint density at radius 3 is 2.57 bits per heavy atom.